The molecule has 0 spiro atoms. The van der Waals surface area contributed by atoms with Crippen molar-refractivity contribution in [3.05, 3.63) is 0 Å². The Morgan fingerprint density at radius 2 is 0.722 bits per heavy atom. The first-order chi connectivity index (χ1) is 5.41. The topological polar surface area (TPSA) is 171 Å². The van der Waals surface area contributed by atoms with Crippen molar-refractivity contribution >= 4 is 171 Å². The summed E-state index contributed by atoms with van der Waals surface area (Å²) >= 11 is 0. The van der Waals surface area contributed by atoms with Crippen LogP contribution >= 0.6 is 23.5 Å². The summed E-state index contributed by atoms with van der Waals surface area (Å²) in [7, 11) is -16.2. The standard InChI is InChI=1S/5Na.H5O10P3/c;;;;;1-11(2,3)9-13(7,8)10-12(4,5)6/h;;;;;(H,7,8)(H2,1,2,3)(H2,4,5,6). The quantitative estimate of drug-likeness (QED) is 0.260. The van der Waals surface area contributed by atoms with Gasteiger partial charge in [-0.1, -0.05) is 0 Å². The van der Waals surface area contributed by atoms with Crippen molar-refractivity contribution in [3.8, 4) is 0 Å². The Bertz CT molecular complexity index is 287. The Morgan fingerprint density at radius 3 is 0.833 bits per heavy atom. The van der Waals surface area contributed by atoms with Gasteiger partial charge >= 0.3 is 23.5 Å². The third-order valence-electron chi connectivity index (χ3n) is 0.419. The molecular weight excluding hydrogens is 368 g/mol. The Kier molecular flexibility index (Phi) is 34.3. The molecule has 0 aromatic rings. The van der Waals surface area contributed by atoms with Crippen LogP contribution in [0.3, 0.4) is 0 Å². The van der Waals surface area contributed by atoms with Crippen molar-refractivity contribution in [2.75, 3.05) is 0 Å². The molecule has 85 valence electrons. The summed E-state index contributed by atoms with van der Waals surface area (Å²) in [6.07, 6.45) is 0. The van der Waals surface area contributed by atoms with Crippen molar-refractivity contribution in [3.63, 3.8) is 0 Å². The van der Waals surface area contributed by atoms with E-state index in [0.717, 1.165) is 0 Å². The first-order valence-corrected chi connectivity index (χ1v) is 6.83. The van der Waals surface area contributed by atoms with Crippen LogP contribution in [0.5, 0.6) is 0 Å². The second-order valence-electron chi connectivity index (χ2n) is 1.61. The minimum atomic E-state index is -5.46. The third kappa shape index (κ3) is 29.4. The van der Waals surface area contributed by atoms with Crippen molar-refractivity contribution < 1.29 is 46.8 Å². The van der Waals surface area contributed by atoms with Gasteiger partial charge in [0.05, 0.1) is 0 Å². The molecule has 18 heteroatoms. The SMILES string of the molecule is O=P(O)(O)OP(=O)(O)OP(=O)(O)O.[Na].[Na].[Na].[Na].[Na]. The van der Waals surface area contributed by atoms with Crippen molar-refractivity contribution in [2.24, 2.45) is 0 Å². The van der Waals surface area contributed by atoms with Crippen LogP contribution in [0.2, 0.25) is 0 Å². The largest absolute Gasteiger partial charge is 0.490 e. The van der Waals surface area contributed by atoms with E-state index >= 15 is 0 Å². The van der Waals surface area contributed by atoms with Gasteiger partial charge in [-0.05, 0) is 0 Å². The van der Waals surface area contributed by atoms with Crippen LogP contribution in [0.4, 0.5) is 0 Å². The molecule has 0 rings (SSSR count). The molecule has 0 fully saturated rings. The smallest absolute Gasteiger partial charge is 0.302 e. The van der Waals surface area contributed by atoms with Gasteiger partial charge in [0.1, 0.15) is 0 Å². The van der Waals surface area contributed by atoms with Gasteiger partial charge in [-0.2, -0.15) is 8.62 Å². The predicted octanol–water partition coefficient (Wildman–Crippen LogP) is -2.60. The maximum absolute atomic E-state index is 10.4. The molecule has 0 aliphatic carbocycles. The zero-order chi connectivity index (χ0) is 10.9. The van der Waals surface area contributed by atoms with E-state index in [4.69, 9.17) is 24.5 Å². The first-order valence-electron chi connectivity index (χ1n) is 2.28. The number of phosphoric acid groups is 3. The van der Waals surface area contributed by atoms with Crippen molar-refractivity contribution in [1.82, 2.24) is 0 Å². The predicted molar refractivity (Wildman–Crippen MR) is 64.9 cm³/mol. The Morgan fingerprint density at radius 1 is 0.556 bits per heavy atom. The molecule has 18 heavy (non-hydrogen) atoms. The van der Waals surface area contributed by atoms with Crippen LogP contribution < -0.4 is 0 Å². The summed E-state index contributed by atoms with van der Waals surface area (Å²) in [5.41, 5.74) is 0. The minimum Gasteiger partial charge on any atom is -0.302 e. The van der Waals surface area contributed by atoms with E-state index in [1.165, 1.54) is 0 Å². The summed E-state index contributed by atoms with van der Waals surface area (Å²) in [5, 5.41) is 0. The van der Waals surface area contributed by atoms with Gasteiger partial charge in [-0.25, -0.2) is 13.7 Å². The summed E-state index contributed by atoms with van der Waals surface area (Å²) in [6, 6.07) is 0. The van der Waals surface area contributed by atoms with E-state index in [1.54, 1.807) is 0 Å². The van der Waals surface area contributed by atoms with E-state index < -0.39 is 23.5 Å². The average molecular weight is 373 g/mol. The molecule has 0 saturated heterocycles. The molecule has 0 atom stereocenters. The fraction of sp³-hybridized carbons (Fsp3) is 0. The number of hydrogen-bond acceptors (Lipinski definition) is 5. The van der Waals surface area contributed by atoms with Gasteiger partial charge in [-0.3, -0.25) is 0 Å². The second-order valence-corrected chi connectivity index (χ2v) is 5.82. The summed E-state index contributed by atoms with van der Waals surface area (Å²) < 4.78 is 36.4. The zero-order valence-corrected chi connectivity index (χ0v) is 23.3. The van der Waals surface area contributed by atoms with Crippen LogP contribution in [0.1, 0.15) is 0 Å². The number of hydrogen-bond donors (Lipinski definition) is 5. The zero-order valence-electron chi connectivity index (χ0n) is 10.6. The van der Waals surface area contributed by atoms with Crippen LogP contribution in [-0.2, 0) is 22.3 Å². The fourth-order valence-electron chi connectivity index (χ4n) is 0.284. The van der Waals surface area contributed by atoms with Crippen molar-refractivity contribution in [1.29, 1.82) is 0 Å². The maximum atomic E-state index is 10.4. The second kappa shape index (κ2) is 15.9. The molecule has 0 aliphatic heterocycles. The first kappa shape index (κ1) is 38.8. The molecule has 10 nitrogen and oxygen atoms in total. The number of rotatable bonds is 4. The normalized spacial score (nSPS) is 10.5. The summed E-state index contributed by atoms with van der Waals surface area (Å²) in [4.78, 5) is 40.2. The molecule has 0 bridgehead atoms. The molecular formula is H5Na5O10P3. The van der Waals surface area contributed by atoms with Crippen LogP contribution in [0.25, 0.3) is 0 Å². The third-order valence-corrected chi connectivity index (χ3v) is 3.77. The molecule has 5 radical (unpaired) electrons. The minimum absolute atomic E-state index is 0. The van der Waals surface area contributed by atoms with Gasteiger partial charge in [0, 0.05) is 148 Å². The molecule has 0 unspecified atom stereocenters. The van der Waals surface area contributed by atoms with E-state index in [1.807, 2.05) is 0 Å². The molecule has 0 amide bonds. The molecule has 0 aromatic heterocycles. The van der Waals surface area contributed by atoms with Crippen LogP contribution in [-0.4, -0.2) is 172 Å². The maximum Gasteiger partial charge on any atom is 0.490 e. The van der Waals surface area contributed by atoms with E-state index in [0.29, 0.717) is 0 Å². The van der Waals surface area contributed by atoms with Crippen LogP contribution in [0.15, 0.2) is 0 Å². The van der Waals surface area contributed by atoms with E-state index in [9.17, 15) is 13.7 Å². The molecule has 5 N–H and O–H groups in total. The van der Waals surface area contributed by atoms with Gasteiger partial charge < -0.3 is 24.5 Å². The molecule has 0 aliphatic rings. The van der Waals surface area contributed by atoms with Gasteiger partial charge in [0.2, 0.25) is 0 Å². The summed E-state index contributed by atoms with van der Waals surface area (Å²) in [6.45, 7) is 0. The Labute approximate surface area is 213 Å². The molecule has 0 heterocycles. The molecule has 0 saturated carbocycles. The van der Waals surface area contributed by atoms with Crippen LogP contribution in [0, 0.1) is 0 Å². The van der Waals surface area contributed by atoms with Crippen molar-refractivity contribution in [2.45, 2.75) is 0 Å². The average Bonchev–Trinajstić information content (AvgIpc) is 1.43. The van der Waals surface area contributed by atoms with Gasteiger partial charge in [-0.15, -0.1) is 0 Å². The van der Waals surface area contributed by atoms with E-state index in [2.05, 4.69) is 8.62 Å². The Hall–Kier alpha value is 5.41. The van der Waals surface area contributed by atoms with E-state index in [-0.39, 0.29) is 148 Å². The van der Waals surface area contributed by atoms with Gasteiger partial charge in [0.15, 0.2) is 0 Å². The molecule has 0 aromatic carbocycles. The monoisotopic (exact) mass is 373 g/mol. The Balaban J connectivity index is -0.0000000720. The van der Waals surface area contributed by atoms with Gasteiger partial charge in [0.25, 0.3) is 0 Å². The summed E-state index contributed by atoms with van der Waals surface area (Å²) in [5.74, 6) is 0. The fourth-order valence-corrected chi connectivity index (χ4v) is 2.82.